The molecule has 0 aliphatic rings. The summed E-state index contributed by atoms with van der Waals surface area (Å²) in [4.78, 5) is 8.74. The van der Waals surface area contributed by atoms with Crippen molar-refractivity contribution in [3.05, 3.63) is 47.8 Å². The first-order valence-corrected chi connectivity index (χ1v) is 6.64. The summed E-state index contributed by atoms with van der Waals surface area (Å²) in [5.74, 6) is 2.27. The second-order valence-electron chi connectivity index (χ2n) is 4.40. The fourth-order valence-electron chi connectivity index (χ4n) is 1.89. The molecule has 0 fully saturated rings. The lowest BCUT2D eigenvalue weighted by molar-refractivity contribution is 0.178. The minimum Gasteiger partial charge on any atom is -0.377 e. The van der Waals surface area contributed by atoms with Gasteiger partial charge >= 0.3 is 0 Å². The van der Waals surface area contributed by atoms with Crippen LogP contribution in [0.4, 0.5) is 11.6 Å². The van der Waals surface area contributed by atoms with Crippen molar-refractivity contribution in [2.45, 2.75) is 13.0 Å². The van der Waals surface area contributed by atoms with Gasteiger partial charge in [0, 0.05) is 26.8 Å². The van der Waals surface area contributed by atoms with Crippen LogP contribution in [-0.4, -0.2) is 30.7 Å². The Kier molecular flexibility index (Phi) is 5.32. The second-order valence-corrected chi connectivity index (χ2v) is 4.40. The molecule has 0 amide bonds. The van der Waals surface area contributed by atoms with Crippen LogP contribution in [0.3, 0.4) is 0 Å². The van der Waals surface area contributed by atoms with Crippen LogP contribution in [0, 0.1) is 0 Å². The number of nitrogens with zero attached hydrogens (tertiary/aromatic N) is 2. The summed E-state index contributed by atoms with van der Waals surface area (Å²) in [6.07, 6.45) is 0.958. The quantitative estimate of drug-likeness (QED) is 0.810. The van der Waals surface area contributed by atoms with E-state index in [9.17, 15) is 0 Å². The molecule has 0 saturated heterocycles. The van der Waals surface area contributed by atoms with Crippen LogP contribution in [-0.2, 0) is 17.8 Å². The van der Waals surface area contributed by atoms with Crippen LogP contribution >= 0.6 is 0 Å². The van der Waals surface area contributed by atoms with E-state index in [1.165, 1.54) is 5.56 Å². The van der Waals surface area contributed by atoms with Gasteiger partial charge in [0.15, 0.2) is 5.82 Å². The zero-order valence-electron chi connectivity index (χ0n) is 11.9. The lowest BCUT2D eigenvalue weighted by Gasteiger charge is -2.09. The Hall–Kier alpha value is -2.14. The third-order valence-corrected chi connectivity index (χ3v) is 2.86. The number of benzene rings is 1. The molecule has 5 nitrogen and oxygen atoms in total. The average molecular weight is 272 g/mol. The predicted octanol–water partition coefficient (Wildman–Crippen LogP) is 2.32. The van der Waals surface area contributed by atoms with Gasteiger partial charge in [-0.3, -0.25) is 0 Å². The first-order chi connectivity index (χ1) is 9.81. The van der Waals surface area contributed by atoms with Crippen LogP contribution < -0.4 is 10.6 Å². The van der Waals surface area contributed by atoms with Crippen molar-refractivity contribution in [1.82, 2.24) is 9.97 Å². The first kappa shape index (κ1) is 14.3. The SMILES string of the molecule is CNc1cc(NCCc2ccccc2)nc(COC)n1. The van der Waals surface area contributed by atoms with Crippen molar-refractivity contribution in [2.75, 3.05) is 31.3 Å². The van der Waals surface area contributed by atoms with E-state index in [1.807, 2.05) is 19.2 Å². The maximum Gasteiger partial charge on any atom is 0.158 e. The molecule has 2 N–H and O–H groups in total. The molecule has 1 heterocycles. The maximum atomic E-state index is 5.08. The molecule has 20 heavy (non-hydrogen) atoms. The van der Waals surface area contributed by atoms with Gasteiger partial charge in [0.2, 0.25) is 0 Å². The van der Waals surface area contributed by atoms with E-state index < -0.39 is 0 Å². The molecular formula is C15H20N4O. The molecule has 0 aliphatic carbocycles. The second kappa shape index (κ2) is 7.45. The summed E-state index contributed by atoms with van der Waals surface area (Å²) in [7, 11) is 3.48. The number of rotatable bonds is 7. The molecule has 0 radical (unpaired) electrons. The number of hydrogen-bond donors (Lipinski definition) is 2. The zero-order chi connectivity index (χ0) is 14.2. The summed E-state index contributed by atoms with van der Waals surface area (Å²) < 4.78 is 5.08. The van der Waals surface area contributed by atoms with Crippen molar-refractivity contribution in [1.29, 1.82) is 0 Å². The van der Waals surface area contributed by atoms with Crippen LogP contribution in [0.1, 0.15) is 11.4 Å². The van der Waals surface area contributed by atoms with Crippen molar-refractivity contribution < 1.29 is 4.74 Å². The van der Waals surface area contributed by atoms with E-state index in [-0.39, 0.29) is 0 Å². The summed E-state index contributed by atoms with van der Waals surface area (Å²) in [6.45, 7) is 1.24. The summed E-state index contributed by atoms with van der Waals surface area (Å²) in [5, 5.41) is 6.35. The third-order valence-electron chi connectivity index (χ3n) is 2.86. The van der Waals surface area contributed by atoms with E-state index in [2.05, 4.69) is 44.9 Å². The molecule has 0 bridgehead atoms. The molecule has 0 atom stereocenters. The van der Waals surface area contributed by atoms with E-state index in [0.29, 0.717) is 12.4 Å². The molecule has 0 saturated carbocycles. The zero-order valence-corrected chi connectivity index (χ0v) is 11.9. The van der Waals surface area contributed by atoms with E-state index in [1.54, 1.807) is 7.11 Å². The predicted molar refractivity (Wildman–Crippen MR) is 80.9 cm³/mol. The lowest BCUT2D eigenvalue weighted by Crippen LogP contribution is -2.09. The Bertz CT molecular complexity index is 531. The molecule has 0 unspecified atom stereocenters. The van der Waals surface area contributed by atoms with Crippen LogP contribution in [0.25, 0.3) is 0 Å². The van der Waals surface area contributed by atoms with Crippen molar-refractivity contribution in [2.24, 2.45) is 0 Å². The maximum absolute atomic E-state index is 5.08. The number of hydrogen-bond acceptors (Lipinski definition) is 5. The first-order valence-electron chi connectivity index (χ1n) is 6.64. The monoisotopic (exact) mass is 272 g/mol. The van der Waals surface area contributed by atoms with Gasteiger partial charge in [-0.1, -0.05) is 30.3 Å². The average Bonchev–Trinajstić information content (AvgIpc) is 2.48. The minimum absolute atomic E-state index is 0.406. The van der Waals surface area contributed by atoms with E-state index >= 15 is 0 Å². The minimum atomic E-state index is 0.406. The number of methoxy groups -OCH3 is 1. The largest absolute Gasteiger partial charge is 0.377 e. The van der Waals surface area contributed by atoms with Gasteiger partial charge in [-0.25, -0.2) is 9.97 Å². The number of anilines is 2. The highest BCUT2D eigenvalue weighted by Gasteiger charge is 2.03. The van der Waals surface area contributed by atoms with E-state index in [0.717, 1.165) is 24.6 Å². The number of nitrogens with one attached hydrogen (secondary N) is 2. The smallest absolute Gasteiger partial charge is 0.158 e. The van der Waals surface area contributed by atoms with Gasteiger partial charge < -0.3 is 15.4 Å². The topological polar surface area (TPSA) is 59.1 Å². The van der Waals surface area contributed by atoms with Gasteiger partial charge in [-0.15, -0.1) is 0 Å². The number of ether oxygens (including phenoxy) is 1. The molecule has 106 valence electrons. The van der Waals surface area contributed by atoms with Crippen LogP contribution in [0.15, 0.2) is 36.4 Å². The van der Waals surface area contributed by atoms with Gasteiger partial charge in [0.05, 0.1) is 0 Å². The molecule has 5 heteroatoms. The third kappa shape index (κ3) is 4.20. The van der Waals surface area contributed by atoms with Gasteiger partial charge in [-0.2, -0.15) is 0 Å². The lowest BCUT2D eigenvalue weighted by atomic mass is 10.1. The normalized spacial score (nSPS) is 10.3. The summed E-state index contributed by atoms with van der Waals surface area (Å²) in [6, 6.07) is 12.3. The highest BCUT2D eigenvalue weighted by molar-refractivity contribution is 5.47. The van der Waals surface area contributed by atoms with Crippen molar-refractivity contribution in [3.8, 4) is 0 Å². The Morgan fingerprint density at radius 2 is 1.85 bits per heavy atom. The standard InChI is InChI=1S/C15H20N4O/c1-16-13-10-14(19-15(18-13)11-20-2)17-9-8-12-6-4-3-5-7-12/h3-7,10H,8-9,11H2,1-2H3,(H2,16,17,18,19). The molecule has 2 rings (SSSR count). The number of aromatic nitrogens is 2. The van der Waals surface area contributed by atoms with Gasteiger partial charge in [0.1, 0.15) is 18.2 Å². The van der Waals surface area contributed by atoms with E-state index in [4.69, 9.17) is 4.74 Å². The molecule has 1 aromatic carbocycles. The Morgan fingerprint density at radius 1 is 1.10 bits per heavy atom. The van der Waals surface area contributed by atoms with Crippen molar-refractivity contribution >= 4 is 11.6 Å². The molecule has 1 aromatic heterocycles. The van der Waals surface area contributed by atoms with Gasteiger partial charge in [0.25, 0.3) is 0 Å². The fourth-order valence-corrected chi connectivity index (χ4v) is 1.89. The molecule has 2 aromatic rings. The highest BCUT2D eigenvalue weighted by Crippen LogP contribution is 2.11. The summed E-state index contributed by atoms with van der Waals surface area (Å²) in [5.41, 5.74) is 1.31. The molecule has 0 spiro atoms. The Labute approximate surface area is 119 Å². The Morgan fingerprint density at radius 3 is 2.55 bits per heavy atom. The summed E-state index contributed by atoms with van der Waals surface area (Å²) >= 11 is 0. The molecule has 0 aliphatic heterocycles. The van der Waals surface area contributed by atoms with Crippen LogP contribution in [0.5, 0.6) is 0 Å². The van der Waals surface area contributed by atoms with Gasteiger partial charge in [-0.05, 0) is 12.0 Å². The Balaban J connectivity index is 1.96. The van der Waals surface area contributed by atoms with Crippen LogP contribution in [0.2, 0.25) is 0 Å². The molecular weight excluding hydrogens is 252 g/mol. The van der Waals surface area contributed by atoms with Crippen molar-refractivity contribution in [3.63, 3.8) is 0 Å². The fraction of sp³-hybridized carbons (Fsp3) is 0.333. The highest BCUT2D eigenvalue weighted by atomic mass is 16.5.